The number of amides is 1. The third-order valence-corrected chi connectivity index (χ3v) is 2.95. The summed E-state index contributed by atoms with van der Waals surface area (Å²) in [5, 5.41) is 0. The number of rotatable bonds is 2. The van der Waals surface area contributed by atoms with Crippen molar-refractivity contribution in [2.24, 2.45) is 0 Å². The molecule has 5 heteroatoms. The quantitative estimate of drug-likeness (QED) is 0.431. The smallest absolute Gasteiger partial charge is 0.246 e. The van der Waals surface area contributed by atoms with Crippen LogP contribution < -0.4 is 0 Å². The van der Waals surface area contributed by atoms with Crippen molar-refractivity contribution in [2.45, 2.75) is 6.04 Å². The van der Waals surface area contributed by atoms with Crippen LogP contribution in [0.1, 0.15) is 0 Å². The zero-order valence-corrected chi connectivity index (χ0v) is 9.41. The third-order valence-electron chi connectivity index (χ3n) is 2.07. The van der Waals surface area contributed by atoms with E-state index in [0.29, 0.717) is 13.1 Å². The Morgan fingerprint density at radius 1 is 1.69 bits per heavy atom. The van der Waals surface area contributed by atoms with Crippen LogP contribution in [-0.4, -0.2) is 46.3 Å². The van der Waals surface area contributed by atoms with Gasteiger partial charge < -0.3 is 4.90 Å². The summed E-state index contributed by atoms with van der Waals surface area (Å²) in [5.41, 5.74) is 0. The average molecular weight is 298 g/mol. The number of carbonyl (C=O) groups is 1. The lowest BCUT2D eigenvalue weighted by molar-refractivity contribution is -0.130. The van der Waals surface area contributed by atoms with Gasteiger partial charge in [0.2, 0.25) is 5.91 Å². The number of hydrogen-bond acceptors (Lipinski definition) is 2. The van der Waals surface area contributed by atoms with Gasteiger partial charge in [0.1, 0.15) is 6.67 Å². The van der Waals surface area contributed by atoms with Gasteiger partial charge in [-0.05, 0) is 6.08 Å². The van der Waals surface area contributed by atoms with E-state index in [0.717, 1.165) is 6.54 Å². The van der Waals surface area contributed by atoms with Crippen LogP contribution in [0.2, 0.25) is 0 Å². The van der Waals surface area contributed by atoms with Gasteiger partial charge in [-0.1, -0.05) is 6.58 Å². The molecule has 74 valence electrons. The summed E-state index contributed by atoms with van der Waals surface area (Å²) in [4.78, 5) is 12.8. The van der Waals surface area contributed by atoms with Crippen LogP contribution in [0, 0.1) is 0 Å². The van der Waals surface area contributed by atoms with E-state index in [9.17, 15) is 9.18 Å². The number of nitrogens with zero attached hydrogens (tertiary/aromatic N) is 2. The molecule has 1 fully saturated rings. The molecule has 1 amide bonds. The molecule has 0 saturated carbocycles. The first-order valence-electron chi connectivity index (χ1n) is 4.08. The van der Waals surface area contributed by atoms with Crippen molar-refractivity contribution in [1.82, 2.24) is 8.01 Å². The summed E-state index contributed by atoms with van der Waals surface area (Å²) >= 11 is 2.14. The van der Waals surface area contributed by atoms with Gasteiger partial charge in [0.15, 0.2) is 0 Å². The molecule has 0 bridgehead atoms. The number of hydrogen-bond donors (Lipinski definition) is 0. The van der Waals surface area contributed by atoms with E-state index in [4.69, 9.17) is 0 Å². The molecule has 1 heterocycles. The van der Waals surface area contributed by atoms with Gasteiger partial charge >= 0.3 is 0 Å². The highest BCUT2D eigenvalue weighted by molar-refractivity contribution is 14.1. The van der Waals surface area contributed by atoms with E-state index in [1.165, 1.54) is 6.08 Å². The lowest BCUT2D eigenvalue weighted by Crippen LogP contribution is -2.53. The van der Waals surface area contributed by atoms with Gasteiger partial charge in [-0.15, -0.1) is 0 Å². The standard InChI is InChI=1S/C8H12FIN2O/c1-2-8(13)12-4-3-11(10)6-7(12)5-9/h2,7H,1,3-6H2/t7-/m0/s1. The Labute approximate surface area is 91.1 Å². The van der Waals surface area contributed by atoms with Crippen LogP contribution in [0.5, 0.6) is 0 Å². The zero-order chi connectivity index (χ0) is 9.84. The van der Waals surface area contributed by atoms with Crippen molar-refractivity contribution in [3.63, 3.8) is 0 Å². The Kier molecular flexibility index (Phi) is 4.11. The van der Waals surface area contributed by atoms with Crippen LogP contribution in [0.3, 0.4) is 0 Å². The molecule has 1 aliphatic heterocycles. The highest BCUT2D eigenvalue weighted by atomic mass is 127. The summed E-state index contributed by atoms with van der Waals surface area (Å²) in [6, 6.07) is -0.309. The zero-order valence-electron chi connectivity index (χ0n) is 7.25. The second-order valence-electron chi connectivity index (χ2n) is 2.91. The Morgan fingerprint density at radius 2 is 2.38 bits per heavy atom. The summed E-state index contributed by atoms with van der Waals surface area (Å²) < 4.78 is 14.5. The minimum absolute atomic E-state index is 0.174. The molecule has 3 nitrogen and oxygen atoms in total. The minimum Gasteiger partial charge on any atom is -0.331 e. The Balaban J connectivity index is 2.62. The largest absolute Gasteiger partial charge is 0.331 e. The molecule has 0 aromatic heterocycles. The molecule has 0 unspecified atom stereocenters. The van der Waals surface area contributed by atoms with Crippen molar-refractivity contribution >= 4 is 28.8 Å². The predicted molar refractivity (Wildman–Crippen MR) is 57.3 cm³/mol. The van der Waals surface area contributed by atoms with Crippen molar-refractivity contribution < 1.29 is 9.18 Å². The minimum atomic E-state index is -0.487. The van der Waals surface area contributed by atoms with E-state index in [2.05, 4.69) is 29.4 Å². The van der Waals surface area contributed by atoms with Crippen LogP contribution in [0.15, 0.2) is 12.7 Å². The fourth-order valence-corrected chi connectivity index (χ4v) is 2.03. The summed E-state index contributed by atoms with van der Waals surface area (Å²) in [5.74, 6) is -0.174. The van der Waals surface area contributed by atoms with Crippen LogP contribution in [0.4, 0.5) is 4.39 Å². The Morgan fingerprint density at radius 3 is 2.92 bits per heavy atom. The Hall–Kier alpha value is -0.170. The molecule has 0 spiro atoms. The molecule has 0 radical (unpaired) electrons. The Bertz CT molecular complexity index is 212. The normalized spacial score (nSPS) is 24.5. The van der Waals surface area contributed by atoms with Gasteiger partial charge in [-0.25, -0.2) is 7.50 Å². The highest BCUT2D eigenvalue weighted by Crippen LogP contribution is 2.14. The fourth-order valence-electron chi connectivity index (χ4n) is 1.36. The van der Waals surface area contributed by atoms with Gasteiger partial charge in [0.05, 0.1) is 6.04 Å². The summed E-state index contributed by atoms with van der Waals surface area (Å²) in [6.07, 6.45) is 1.24. The van der Waals surface area contributed by atoms with Crippen LogP contribution >= 0.6 is 22.9 Å². The lowest BCUT2D eigenvalue weighted by Gasteiger charge is -2.37. The van der Waals surface area contributed by atoms with Crippen molar-refractivity contribution in [2.75, 3.05) is 26.3 Å². The summed E-state index contributed by atoms with van der Waals surface area (Å²) in [6.45, 7) is 4.88. The lowest BCUT2D eigenvalue weighted by atomic mass is 10.2. The molecule has 1 saturated heterocycles. The first-order valence-corrected chi connectivity index (χ1v) is 5.05. The number of piperazine rings is 1. The molecule has 0 aliphatic carbocycles. The van der Waals surface area contributed by atoms with Crippen LogP contribution in [0.25, 0.3) is 0 Å². The number of carbonyl (C=O) groups excluding carboxylic acids is 1. The molecule has 0 N–H and O–H groups in total. The first-order chi connectivity index (χ1) is 6.19. The molecular weight excluding hydrogens is 286 g/mol. The highest BCUT2D eigenvalue weighted by Gasteiger charge is 2.27. The second-order valence-corrected chi connectivity index (χ2v) is 4.28. The van der Waals surface area contributed by atoms with Crippen LogP contribution in [-0.2, 0) is 4.79 Å². The maximum Gasteiger partial charge on any atom is 0.246 e. The molecule has 1 rings (SSSR count). The molecule has 13 heavy (non-hydrogen) atoms. The second kappa shape index (κ2) is 4.90. The third kappa shape index (κ3) is 2.63. The molecule has 1 atom stereocenters. The summed E-state index contributed by atoms with van der Waals surface area (Å²) in [7, 11) is 0. The van der Waals surface area contributed by atoms with E-state index in [1.807, 2.05) is 3.11 Å². The van der Waals surface area contributed by atoms with Gasteiger partial charge in [-0.3, -0.25) is 4.79 Å². The van der Waals surface area contributed by atoms with Crippen molar-refractivity contribution in [3.8, 4) is 0 Å². The topological polar surface area (TPSA) is 23.6 Å². The van der Waals surface area contributed by atoms with Gasteiger partial charge in [0, 0.05) is 42.5 Å². The first kappa shape index (κ1) is 10.9. The maximum absolute atomic E-state index is 12.5. The van der Waals surface area contributed by atoms with E-state index >= 15 is 0 Å². The van der Waals surface area contributed by atoms with E-state index < -0.39 is 6.67 Å². The molecule has 0 aromatic carbocycles. The SMILES string of the molecule is C=CC(=O)N1CCN(I)C[C@@H]1CF. The van der Waals surface area contributed by atoms with Gasteiger partial charge in [-0.2, -0.15) is 0 Å². The van der Waals surface area contributed by atoms with E-state index in [1.54, 1.807) is 4.90 Å². The fraction of sp³-hybridized carbons (Fsp3) is 0.625. The average Bonchev–Trinajstić information content (AvgIpc) is 2.16. The molecule has 0 aromatic rings. The predicted octanol–water partition coefficient (Wildman–Crippen LogP) is 1.00. The molecular formula is C8H12FIN2O. The monoisotopic (exact) mass is 298 g/mol. The van der Waals surface area contributed by atoms with Crippen molar-refractivity contribution in [1.29, 1.82) is 0 Å². The maximum atomic E-state index is 12.5. The molecule has 1 aliphatic rings. The number of halogens is 2. The van der Waals surface area contributed by atoms with E-state index in [-0.39, 0.29) is 11.9 Å². The van der Waals surface area contributed by atoms with Crippen molar-refractivity contribution in [3.05, 3.63) is 12.7 Å². The van der Waals surface area contributed by atoms with Gasteiger partial charge in [0.25, 0.3) is 0 Å². The number of alkyl halides is 1.